The smallest absolute Gasteiger partial charge is 0.327 e. The Balaban J connectivity index is 1.16. The van der Waals surface area contributed by atoms with Crippen molar-refractivity contribution in [1.29, 1.82) is 0 Å². The van der Waals surface area contributed by atoms with Crippen molar-refractivity contribution < 1.29 is 17.6 Å². The van der Waals surface area contributed by atoms with E-state index in [4.69, 9.17) is 11.5 Å². The summed E-state index contributed by atoms with van der Waals surface area (Å²) in [7, 11) is -3.97. The Morgan fingerprint density at radius 1 is 0.933 bits per heavy atom. The number of nitrogens with zero attached hydrogens (tertiary/aromatic N) is 4. The largest absolute Gasteiger partial charge is 0.361 e. The molecule has 0 aromatic heterocycles. The molecule has 5 heterocycles. The number of carbonyl (C=O) groups excluding carboxylic acids is 1. The molecule has 242 valence electrons. The number of benzene rings is 2. The first-order chi connectivity index (χ1) is 21.8. The van der Waals surface area contributed by atoms with Gasteiger partial charge in [-0.05, 0) is 101 Å². The number of anilines is 1. The van der Waals surface area contributed by atoms with E-state index in [2.05, 4.69) is 20.4 Å². The highest BCUT2D eigenvalue weighted by Gasteiger charge is 2.38. The van der Waals surface area contributed by atoms with E-state index in [9.17, 15) is 13.2 Å². The highest BCUT2D eigenvalue weighted by atomic mass is 32.2. The fourth-order valence-corrected chi connectivity index (χ4v) is 8.34. The van der Waals surface area contributed by atoms with E-state index in [1.807, 2.05) is 30.3 Å². The minimum Gasteiger partial charge on any atom is -0.361 e. The van der Waals surface area contributed by atoms with E-state index in [1.165, 1.54) is 16.4 Å². The molecule has 1 unspecified atom stereocenters. The third-order valence-electron chi connectivity index (χ3n) is 9.12. The summed E-state index contributed by atoms with van der Waals surface area (Å²) in [4.78, 5) is 18.9. The van der Waals surface area contributed by atoms with Crippen LogP contribution in [0.4, 0.5) is 14.9 Å². The number of urea groups is 1. The summed E-state index contributed by atoms with van der Waals surface area (Å²) in [5.74, 6) is -0.784. The predicted molar refractivity (Wildman–Crippen MR) is 173 cm³/mol. The minimum atomic E-state index is -3.97. The summed E-state index contributed by atoms with van der Waals surface area (Å²) in [5.41, 5.74) is 15.2. The van der Waals surface area contributed by atoms with Crippen molar-refractivity contribution in [3.05, 3.63) is 77.3 Å². The number of nitrogens with two attached hydrogens (primary N) is 2. The second-order valence-electron chi connectivity index (χ2n) is 12.1. The fourth-order valence-electron chi connectivity index (χ4n) is 6.61. The molecule has 45 heavy (non-hydrogen) atoms. The zero-order chi connectivity index (χ0) is 31.6. The van der Waals surface area contributed by atoms with E-state index in [-0.39, 0.29) is 17.0 Å². The monoisotopic (exact) mass is 638 g/mol. The average molecular weight is 639 g/mol. The van der Waals surface area contributed by atoms with Crippen LogP contribution in [0.5, 0.6) is 0 Å². The first-order valence-corrected chi connectivity index (χ1v) is 17.3. The van der Waals surface area contributed by atoms with Crippen molar-refractivity contribution in [3.63, 3.8) is 0 Å². The molecule has 0 saturated carbocycles. The van der Waals surface area contributed by atoms with E-state index < -0.39 is 22.0 Å². The van der Waals surface area contributed by atoms with Gasteiger partial charge in [0.2, 0.25) is 10.0 Å². The maximum Gasteiger partial charge on any atom is 0.327 e. The van der Waals surface area contributed by atoms with E-state index >= 15 is 4.39 Å². The van der Waals surface area contributed by atoms with Gasteiger partial charge in [0, 0.05) is 48.7 Å². The Kier molecular flexibility index (Phi) is 9.54. The Bertz CT molecular complexity index is 1550. The Morgan fingerprint density at radius 2 is 1.64 bits per heavy atom. The number of piperidine rings is 1. The lowest BCUT2D eigenvalue weighted by Gasteiger charge is -2.30. The van der Waals surface area contributed by atoms with Gasteiger partial charge in [0.05, 0.1) is 5.69 Å². The van der Waals surface area contributed by atoms with Crippen LogP contribution in [-0.4, -0.2) is 93.1 Å². The second-order valence-corrected chi connectivity index (χ2v) is 14.0. The Labute approximate surface area is 264 Å². The molecular formula is C32H43FN8O3S. The molecule has 3 fully saturated rings. The van der Waals surface area contributed by atoms with Crippen molar-refractivity contribution in [2.24, 2.45) is 11.5 Å². The first kappa shape index (κ1) is 31.6. The van der Waals surface area contributed by atoms with Gasteiger partial charge >= 0.3 is 6.03 Å². The fraction of sp³-hybridized carbons (Fsp3) is 0.469. The lowest BCUT2D eigenvalue weighted by atomic mass is 10.1. The standard InChI is InChI=1S/C32H43FN8O3S/c33-28-19-24(5-8-30(28)45(43,44)41-18-17-38-15-9-27(41)10-16-38)29-20-25-22-40(32(42)37-31(25)36-29)26-6-3-23(4-7-26)21-39(13-1-11-34)14-2-12-35/h3-8,19-20,22,27,31,36H,1-2,9-18,21,34-35H2,(H,37,42). The van der Waals surface area contributed by atoms with Gasteiger partial charge in [-0.15, -0.1) is 0 Å². The Hall–Kier alpha value is -3.33. The highest BCUT2D eigenvalue weighted by Crippen LogP contribution is 2.32. The molecular weight excluding hydrogens is 595 g/mol. The number of carbonyl (C=O) groups is 1. The lowest BCUT2D eigenvalue weighted by molar-refractivity contribution is 0.232. The molecule has 2 aromatic carbocycles. The summed E-state index contributed by atoms with van der Waals surface area (Å²) >= 11 is 0. The van der Waals surface area contributed by atoms with E-state index in [0.29, 0.717) is 37.4 Å². The molecule has 1 atom stereocenters. The van der Waals surface area contributed by atoms with Gasteiger partial charge < -0.3 is 27.0 Å². The molecule has 0 radical (unpaired) electrons. The molecule has 6 N–H and O–H groups in total. The zero-order valence-electron chi connectivity index (χ0n) is 25.5. The molecule has 3 saturated heterocycles. The zero-order valence-corrected chi connectivity index (χ0v) is 26.3. The van der Waals surface area contributed by atoms with Crippen LogP contribution in [0.3, 0.4) is 0 Å². The molecule has 5 aliphatic heterocycles. The molecule has 2 aromatic rings. The molecule has 11 nitrogen and oxygen atoms in total. The molecule has 2 bridgehead atoms. The summed E-state index contributed by atoms with van der Waals surface area (Å²) in [6.07, 6.45) is 6.52. The first-order valence-electron chi connectivity index (χ1n) is 15.8. The normalized spacial score (nSPS) is 23.3. The number of hydrogen-bond acceptors (Lipinski definition) is 8. The molecule has 5 aliphatic rings. The quantitative estimate of drug-likeness (QED) is 0.278. The highest BCUT2D eigenvalue weighted by molar-refractivity contribution is 7.89. The number of hydrogen-bond donors (Lipinski definition) is 4. The van der Waals surface area contributed by atoms with Crippen molar-refractivity contribution in [2.45, 2.75) is 49.3 Å². The Morgan fingerprint density at radius 3 is 2.31 bits per heavy atom. The molecule has 13 heteroatoms. The van der Waals surface area contributed by atoms with Crippen molar-refractivity contribution in [1.82, 2.24) is 24.7 Å². The molecule has 7 rings (SSSR count). The third kappa shape index (κ3) is 6.79. The topological polar surface area (TPSA) is 140 Å². The summed E-state index contributed by atoms with van der Waals surface area (Å²) in [6.45, 7) is 6.66. The predicted octanol–water partition coefficient (Wildman–Crippen LogP) is 2.18. The van der Waals surface area contributed by atoms with Crippen LogP contribution in [0.2, 0.25) is 0 Å². The van der Waals surface area contributed by atoms with Crippen LogP contribution >= 0.6 is 0 Å². The van der Waals surface area contributed by atoms with Crippen LogP contribution in [0.15, 0.2) is 65.2 Å². The van der Waals surface area contributed by atoms with Crippen LogP contribution in [0.1, 0.15) is 36.8 Å². The van der Waals surface area contributed by atoms with Crippen molar-refractivity contribution >= 4 is 27.4 Å². The van der Waals surface area contributed by atoms with Crippen molar-refractivity contribution in [2.75, 3.05) is 57.3 Å². The summed E-state index contributed by atoms with van der Waals surface area (Å²) in [5, 5.41) is 6.19. The van der Waals surface area contributed by atoms with Gasteiger partial charge in [-0.2, -0.15) is 4.31 Å². The number of fused-ring (bicyclic) bond motifs is 5. The summed E-state index contributed by atoms with van der Waals surface area (Å²) < 4.78 is 44.0. The summed E-state index contributed by atoms with van der Waals surface area (Å²) in [6, 6.07) is 11.7. The number of rotatable bonds is 12. The third-order valence-corrected chi connectivity index (χ3v) is 11.1. The van der Waals surface area contributed by atoms with Gasteiger partial charge in [-0.25, -0.2) is 17.6 Å². The second kappa shape index (κ2) is 13.6. The number of nitrogens with one attached hydrogen (secondary N) is 2. The average Bonchev–Trinajstić information content (AvgIpc) is 3.19. The van der Waals surface area contributed by atoms with E-state index in [1.54, 1.807) is 17.2 Å². The minimum absolute atomic E-state index is 0.0952. The van der Waals surface area contributed by atoms with Gasteiger partial charge in [0.1, 0.15) is 16.9 Å². The molecule has 0 spiro atoms. The number of halogens is 1. The number of amides is 2. The van der Waals surface area contributed by atoms with Gasteiger partial charge in [-0.3, -0.25) is 9.80 Å². The van der Waals surface area contributed by atoms with Crippen LogP contribution in [0.25, 0.3) is 5.70 Å². The molecule has 2 amide bonds. The van der Waals surface area contributed by atoms with Gasteiger partial charge in [0.15, 0.2) is 0 Å². The lowest BCUT2D eigenvalue weighted by Crippen LogP contribution is -2.51. The molecule has 0 aliphatic carbocycles. The van der Waals surface area contributed by atoms with Gasteiger partial charge in [-0.1, -0.05) is 18.2 Å². The number of sulfonamides is 1. The van der Waals surface area contributed by atoms with Crippen LogP contribution in [-0.2, 0) is 16.6 Å². The van der Waals surface area contributed by atoms with Crippen molar-refractivity contribution in [3.8, 4) is 0 Å². The van der Waals surface area contributed by atoms with E-state index in [0.717, 1.165) is 75.2 Å². The van der Waals surface area contributed by atoms with Crippen LogP contribution < -0.4 is 27.0 Å². The maximum atomic E-state index is 15.5. The van der Waals surface area contributed by atoms with Crippen LogP contribution in [0, 0.1) is 5.82 Å². The SMILES string of the molecule is NCCCN(CCCN)Cc1ccc(N2C=C3C=C(c4ccc(S(=O)(=O)N5CCN6CCC5CC6)c(F)c4)NC3NC2=O)cc1. The maximum absolute atomic E-state index is 15.5. The van der Waals surface area contributed by atoms with Gasteiger partial charge in [0.25, 0.3) is 0 Å².